The number of aliphatic hydroxyl groups excluding tert-OH is 1. The molecule has 0 radical (unpaired) electrons. The van der Waals surface area contributed by atoms with E-state index in [1.807, 2.05) is 36.5 Å². The maximum atomic E-state index is 12.2. The summed E-state index contributed by atoms with van der Waals surface area (Å²) in [4.78, 5) is 12.2. The van der Waals surface area contributed by atoms with Gasteiger partial charge in [-0.15, -0.1) is 5.10 Å². The van der Waals surface area contributed by atoms with Gasteiger partial charge in [-0.1, -0.05) is 35.5 Å². The lowest BCUT2D eigenvalue weighted by Crippen LogP contribution is -2.35. The van der Waals surface area contributed by atoms with Crippen LogP contribution in [0.1, 0.15) is 49.0 Å². The lowest BCUT2D eigenvalue weighted by atomic mass is 9.92. The van der Waals surface area contributed by atoms with Gasteiger partial charge in [0.2, 0.25) is 5.91 Å². The first-order valence-electron chi connectivity index (χ1n) is 8.56. The molecule has 1 amide bonds. The van der Waals surface area contributed by atoms with Gasteiger partial charge in [0.15, 0.2) is 0 Å². The summed E-state index contributed by atoms with van der Waals surface area (Å²) in [6.07, 6.45) is 5.53. The van der Waals surface area contributed by atoms with Crippen LogP contribution in [0.15, 0.2) is 36.5 Å². The van der Waals surface area contributed by atoms with Crippen molar-refractivity contribution in [3.63, 3.8) is 0 Å². The molecule has 1 aromatic carbocycles. The number of rotatable bonds is 7. The van der Waals surface area contributed by atoms with Crippen LogP contribution in [-0.2, 0) is 11.3 Å². The molecule has 2 aliphatic carbocycles. The van der Waals surface area contributed by atoms with Gasteiger partial charge in [0.05, 0.1) is 11.8 Å². The van der Waals surface area contributed by atoms with Crippen LogP contribution in [0.3, 0.4) is 0 Å². The van der Waals surface area contributed by atoms with E-state index >= 15 is 0 Å². The van der Waals surface area contributed by atoms with Crippen LogP contribution in [0.4, 0.5) is 0 Å². The molecule has 2 aliphatic rings. The molecule has 1 unspecified atom stereocenters. The fourth-order valence-corrected chi connectivity index (χ4v) is 3.13. The maximum Gasteiger partial charge on any atom is 0.241 e. The quantitative estimate of drug-likeness (QED) is 0.813. The number of amides is 1. The van der Waals surface area contributed by atoms with Crippen molar-refractivity contribution in [1.82, 2.24) is 20.3 Å². The van der Waals surface area contributed by atoms with E-state index in [0.29, 0.717) is 12.5 Å². The van der Waals surface area contributed by atoms with Gasteiger partial charge in [-0.2, -0.15) is 0 Å². The molecular weight excluding hydrogens is 304 g/mol. The molecule has 0 bridgehead atoms. The van der Waals surface area contributed by atoms with Crippen LogP contribution in [0.5, 0.6) is 0 Å². The average Bonchev–Trinajstić information content (AvgIpc) is 3.53. The Balaban J connectivity index is 1.31. The fraction of sp³-hybridized carbons (Fsp3) is 0.500. The second-order valence-corrected chi connectivity index (χ2v) is 7.07. The van der Waals surface area contributed by atoms with Gasteiger partial charge < -0.3 is 10.4 Å². The predicted molar refractivity (Wildman–Crippen MR) is 88.1 cm³/mol. The van der Waals surface area contributed by atoms with E-state index in [1.54, 1.807) is 4.68 Å². The Morgan fingerprint density at radius 2 is 2.08 bits per heavy atom. The van der Waals surface area contributed by atoms with Crippen LogP contribution in [0, 0.1) is 5.41 Å². The number of nitrogens with zero attached hydrogens (tertiary/aromatic N) is 3. The first-order chi connectivity index (χ1) is 11.7. The molecule has 2 N–H and O–H groups in total. The summed E-state index contributed by atoms with van der Waals surface area (Å²) in [6, 6.07) is 9.65. The molecule has 1 heterocycles. The minimum absolute atomic E-state index is 0.0891. The van der Waals surface area contributed by atoms with Crippen molar-refractivity contribution in [1.29, 1.82) is 0 Å². The highest BCUT2D eigenvalue weighted by atomic mass is 16.3. The first-order valence-corrected chi connectivity index (χ1v) is 8.56. The highest BCUT2D eigenvalue weighted by Gasteiger charge is 2.49. The monoisotopic (exact) mass is 326 g/mol. The molecule has 4 rings (SSSR count). The molecular formula is C18H22N4O2. The van der Waals surface area contributed by atoms with Gasteiger partial charge in [0, 0.05) is 24.1 Å². The van der Waals surface area contributed by atoms with Crippen LogP contribution in [0.25, 0.3) is 0 Å². The number of aromatic nitrogens is 3. The average molecular weight is 326 g/mol. The molecule has 1 aromatic heterocycles. The highest BCUT2D eigenvalue weighted by molar-refractivity contribution is 5.75. The minimum Gasteiger partial charge on any atom is -0.388 e. The summed E-state index contributed by atoms with van der Waals surface area (Å²) < 4.78 is 1.59. The third-order valence-electron chi connectivity index (χ3n) is 5.08. The zero-order chi connectivity index (χ0) is 16.6. The maximum absolute atomic E-state index is 12.2. The van der Waals surface area contributed by atoms with E-state index in [4.69, 9.17) is 0 Å². The second-order valence-electron chi connectivity index (χ2n) is 7.07. The third kappa shape index (κ3) is 3.19. The van der Waals surface area contributed by atoms with Gasteiger partial charge in [0.25, 0.3) is 0 Å². The van der Waals surface area contributed by atoms with Crippen LogP contribution >= 0.6 is 0 Å². The van der Waals surface area contributed by atoms with E-state index < -0.39 is 6.10 Å². The summed E-state index contributed by atoms with van der Waals surface area (Å²) in [5.74, 6) is 0.450. The van der Waals surface area contributed by atoms with E-state index in [9.17, 15) is 9.90 Å². The fourth-order valence-electron chi connectivity index (χ4n) is 3.13. The molecule has 0 spiro atoms. The summed E-state index contributed by atoms with van der Waals surface area (Å²) in [5.41, 5.74) is 1.68. The largest absolute Gasteiger partial charge is 0.388 e. The summed E-state index contributed by atoms with van der Waals surface area (Å²) in [5, 5.41) is 21.7. The number of carbonyl (C=O) groups is 1. The van der Waals surface area contributed by atoms with E-state index in [2.05, 4.69) is 15.6 Å². The highest BCUT2D eigenvalue weighted by Crippen LogP contribution is 2.54. The zero-order valence-electron chi connectivity index (χ0n) is 13.6. The Morgan fingerprint density at radius 1 is 1.33 bits per heavy atom. The Kier molecular flexibility index (Phi) is 3.84. The Bertz CT molecular complexity index is 720. The van der Waals surface area contributed by atoms with Gasteiger partial charge in [-0.3, -0.25) is 4.79 Å². The smallest absolute Gasteiger partial charge is 0.241 e. The van der Waals surface area contributed by atoms with Crippen molar-refractivity contribution in [3.05, 3.63) is 47.8 Å². The number of benzene rings is 1. The number of nitrogens with one attached hydrogen (secondary N) is 1. The van der Waals surface area contributed by atoms with Crippen molar-refractivity contribution >= 4 is 5.91 Å². The number of carbonyl (C=O) groups excluding carboxylic acids is 1. The first kappa shape index (κ1) is 15.3. The van der Waals surface area contributed by atoms with E-state index in [0.717, 1.165) is 24.1 Å². The lowest BCUT2D eigenvalue weighted by molar-refractivity contribution is -0.122. The Hall–Kier alpha value is -2.21. The summed E-state index contributed by atoms with van der Waals surface area (Å²) in [6.45, 7) is 0.670. The van der Waals surface area contributed by atoms with Gasteiger partial charge in [-0.05, 0) is 31.2 Å². The molecule has 0 aliphatic heterocycles. The minimum atomic E-state index is -0.535. The summed E-state index contributed by atoms with van der Waals surface area (Å²) in [7, 11) is 0. The van der Waals surface area contributed by atoms with Crippen molar-refractivity contribution in [2.45, 2.75) is 44.2 Å². The van der Waals surface area contributed by atoms with Gasteiger partial charge >= 0.3 is 0 Å². The number of hydrogen-bond donors (Lipinski definition) is 2. The number of aliphatic hydroxyl groups is 1. The second kappa shape index (κ2) is 6.02. The molecule has 6 nitrogen and oxygen atoms in total. The number of hydrogen-bond acceptors (Lipinski definition) is 4. The zero-order valence-corrected chi connectivity index (χ0v) is 13.6. The van der Waals surface area contributed by atoms with E-state index in [-0.39, 0.29) is 17.9 Å². The SMILES string of the molecule is O=C(Cn1cc(C2CC2)nn1)NCC1(C(O)c2ccccc2)CC1. The third-order valence-corrected chi connectivity index (χ3v) is 5.08. The molecule has 126 valence electrons. The van der Waals surface area contributed by atoms with Crippen LogP contribution in [-0.4, -0.2) is 32.6 Å². The molecule has 1 atom stereocenters. The van der Waals surface area contributed by atoms with Crippen molar-refractivity contribution in [2.75, 3.05) is 6.54 Å². The van der Waals surface area contributed by atoms with Crippen LogP contribution < -0.4 is 5.32 Å². The van der Waals surface area contributed by atoms with Crippen molar-refractivity contribution < 1.29 is 9.90 Å². The van der Waals surface area contributed by atoms with Crippen molar-refractivity contribution in [3.8, 4) is 0 Å². The van der Waals surface area contributed by atoms with Crippen molar-refractivity contribution in [2.24, 2.45) is 5.41 Å². The molecule has 0 saturated heterocycles. The molecule has 2 saturated carbocycles. The predicted octanol–water partition coefficient (Wildman–Crippen LogP) is 1.79. The molecule has 2 fully saturated rings. The Morgan fingerprint density at radius 3 is 2.75 bits per heavy atom. The molecule has 24 heavy (non-hydrogen) atoms. The van der Waals surface area contributed by atoms with Gasteiger partial charge in [-0.25, -0.2) is 4.68 Å². The lowest BCUT2D eigenvalue weighted by Gasteiger charge is -2.23. The van der Waals surface area contributed by atoms with Crippen LogP contribution in [0.2, 0.25) is 0 Å². The van der Waals surface area contributed by atoms with Gasteiger partial charge in [0.1, 0.15) is 6.54 Å². The topological polar surface area (TPSA) is 80.0 Å². The Labute approximate surface area is 140 Å². The molecule has 2 aromatic rings. The standard InChI is InChI=1S/C18H22N4O2/c23-16(11-22-10-15(20-21-22)13-6-7-13)19-12-18(8-9-18)17(24)14-4-2-1-3-5-14/h1-5,10,13,17,24H,6-9,11-12H2,(H,19,23). The summed E-state index contributed by atoms with van der Waals surface area (Å²) >= 11 is 0. The normalized spacial score (nSPS) is 19.7. The van der Waals surface area contributed by atoms with E-state index in [1.165, 1.54) is 12.8 Å². The molecule has 6 heteroatoms.